The van der Waals surface area contributed by atoms with Crippen LogP contribution >= 0.6 is 0 Å². The lowest BCUT2D eigenvalue weighted by molar-refractivity contribution is -0.131. The van der Waals surface area contributed by atoms with Gasteiger partial charge >= 0.3 is 5.97 Å². The number of H-pyrrole nitrogens is 1. The first-order chi connectivity index (χ1) is 10.5. The highest BCUT2D eigenvalue weighted by atomic mass is 16.5. The second kappa shape index (κ2) is 6.22. The maximum atomic E-state index is 11.8. The van der Waals surface area contributed by atoms with Crippen molar-refractivity contribution in [2.75, 3.05) is 26.2 Å². The van der Waals surface area contributed by atoms with Gasteiger partial charge in [0.1, 0.15) is 12.1 Å². The van der Waals surface area contributed by atoms with Gasteiger partial charge in [0.15, 0.2) is 5.82 Å². The zero-order valence-electron chi connectivity index (χ0n) is 12.2. The van der Waals surface area contributed by atoms with Crippen molar-refractivity contribution in [3.63, 3.8) is 0 Å². The van der Waals surface area contributed by atoms with Gasteiger partial charge in [0.25, 0.3) is 5.78 Å². The van der Waals surface area contributed by atoms with E-state index >= 15 is 0 Å². The summed E-state index contributed by atoms with van der Waals surface area (Å²) >= 11 is 0. The third-order valence-corrected chi connectivity index (χ3v) is 3.01. The van der Waals surface area contributed by atoms with E-state index in [1.54, 1.807) is 14.1 Å². The first-order valence-electron chi connectivity index (χ1n) is 6.25. The number of ether oxygens (including phenoxy) is 1. The maximum Gasteiger partial charge on any atom is 0.377 e. The van der Waals surface area contributed by atoms with Crippen LogP contribution in [0.15, 0.2) is 17.4 Å². The molecule has 2 rings (SSSR count). The van der Waals surface area contributed by atoms with Gasteiger partial charge in [-0.25, -0.2) is 20.2 Å². The van der Waals surface area contributed by atoms with E-state index < -0.39 is 11.8 Å². The van der Waals surface area contributed by atoms with Crippen molar-refractivity contribution in [2.45, 2.75) is 0 Å². The van der Waals surface area contributed by atoms with Crippen LogP contribution in [0, 0.1) is 0 Å². The van der Waals surface area contributed by atoms with Gasteiger partial charge in [-0.2, -0.15) is 0 Å². The minimum atomic E-state index is -1.54. The van der Waals surface area contributed by atoms with Gasteiger partial charge in [0.2, 0.25) is 0 Å². The number of aliphatic carboxylic acids is 1. The van der Waals surface area contributed by atoms with E-state index in [0.29, 0.717) is 22.5 Å². The largest absolute Gasteiger partial charge is 0.494 e. The fraction of sp³-hybridized carbons (Fsp3) is 0.231. The highest BCUT2D eigenvalue weighted by Crippen LogP contribution is 2.33. The molecule has 2 heterocycles. The predicted octanol–water partition coefficient (Wildman–Crippen LogP) is 0.438. The van der Waals surface area contributed by atoms with Crippen molar-refractivity contribution in [1.82, 2.24) is 15.4 Å². The quantitative estimate of drug-likeness (QED) is 0.233. The molecule has 0 aliphatic rings. The minimum absolute atomic E-state index is 0.00694. The van der Waals surface area contributed by atoms with E-state index in [1.165, 1.54) is 30.9 Å². The van der Waals surface area contributed by atoms with Crippen LogP contribution < -0.4 is 15.2 Å². The first-order valence-corrected chi connectivity index (χ1v) is 6.25. The number of carbonyl (C=O) groups is 2. The summed E-state index contributed by atoms with van der Waals surface area (Å²) in [5.74, 6) is -1.84. The monoisotopic (exact) mass is 305 g/mol. The lowest BCUT2D eigenvalue weighted by Crippen LogP contribution is -2.34. The fourth-order valence-electron chi connectivity index (χ4n) is 2.07. The zero-order valence-corrected chi connectivity index (χ0v) is 12.2. The van der Waals surface area contributed by atoms with Crippen molar-refractivity contribution >= 4 is 34.8 Å². The molecule has 0 saturated carbocycles. The first kappa shape index (κ1) is 15.4. The average molecular weight is 305 g/mol. The van der Waals surface area contributed by atoms with Crippen molar-refractivity contribution < 1.29 is 19.4 Å². The molecule has 9 nitrogen and oxygen atoms in total. The standard InChI is InChI=1S/C13H15N5O4/c1-14-6-18(15-2)12-10-9(8(22-3)5-17-12)7(4-16-10)11(19)13(20)21/h4-6,15-16H,1-3H3,(H,20,21). The molecule has 2 aromatic rings. The number of fused-ring (bicyclic) bond motifs is 1. The number of carboxylic acid groups (broad SMARTS) is 1. The summed E-state index contributed by atoms with van der Waals surface area (Å²) in [5.41, 5.74) is 3.33. The van der Waals surface area contributed by atoms with Gasteiger partial charge in [-0.1, -0.05) is 0 Å². The number of methoxy groups -OCH3 is 1. The number of hydrazine groups is 1. The Morgan fingerprint density at radius 3 is 2.82 bits per heavy atom. The molecule has 0 aliphatic heterocycles. The molecular formula is C13H15N5O4. The zero-order chi connectivity index (χ0) is 16.3. The number of aromatic nitrogens is 2. The van der Waals surface area contributed by atoms with Crippen LogP contribution in [0.25, 0.3) is 10.9 Å². The Morgan fingerprint density at radius 1 is 1.55 bits per heavy atom. The van der Waals surface area contributed by atoms with Crippen molar-refractivity contribution in [2.24, 2.45) is 4.99 Å². The number of pyridine rings is 1. The fourth-order valence-corrected chi connectivity index (χ4v) is 2.07. The number of hydrogen-bond acceptors (Lipinski definition) is 6. The summed E-state index contributed by atoms with van der Waals surface area (Å²) in [6.07, 6.45) is 4.23. The number of Topliss-reactive ketones (excluding diaryl/α,β-unsaturated/α-hetero) is 1. The van der Waals surface area contributed by atoms with E-state index in [9.17, 15) is 9.59 Å². The number of ketones is 1. The number of nitrogens with one attached hydrogen (secondary N) is 2. The molecule has 9 heteroatoms. The Hall–Kier alpha value is -2.94. The van der Waals surface area contributed by atoms with E-state index in [2.05, 4.69) is 20.4 Å². The molecule has 0 aliphatic carbocycles. The number of anilines is 1. The summed E-state index contributed by atoms with van der Waals surface area (Å²) in [6, 6.07) is 0. The van der Waals surface area contributed by atoms with Gasteiger partial charge in [0, 0.05) is 20.3 Å². The maximum absolute atomic E-state index is 11.8. The van der Waals surface area contributed by atoms with Gasteiger partial charge < -0.3 is 14.8 Å². The second-order valence-electron chi connectivity index (χ2n) is 4.20. The number of aliphatic imine (C=N–C) groups is 1. The summed E-state index contributed by atoms with van der Waals surface area (Å²) in [6.45, 7) is 0. The number of carbonyl (C=O) groups excluding carboxylic acids is 1. The normalized spacial score (nSPS) is 11.0. The minimum Gasteiger partial charge on any atom is -0.494 e. The van der Waals surface area contributed by atoms with Crippen molar-refractivity contribution in [3.8, 4) is 5.75 Å². The molecule has 0 aromatic carbocycles. The predicted molar refractivity (Wildman–Crippen MR) is 80.6 cm³/mol. The molecule has 0 atom stereocenters. The summed E-state index contributed by atoms with van der Waals surface area (Å²) < 4.78 is 5.18. The molecular weight excluding hydrogens is 290 g/mol. The molecule has 0 amide bonds. The van der Waals surface area contributed by atoms with Crippen LogP contribution in [-0.4, -0.2) is 54.4 Å². The highest BCUT2D eigenvalue weighted by Gasteiger charge is 2.24. The Kier molecular flexibility index (Phi) is 4.37. The van der Waals surface area contributed by atoms with E-state index in [-0.39, 0.29) is 5.56 Å². The molecule has 0 fully saturated rings. The smallest absolute Gasteiger partial charge is 0.377 e. The molecule has 3 N–H and O–H groups in total. The number of carboxylic acids is 1. The summed E-state index contributed by atoms with van der Waals surface area (Å²) in [4.78, 5) is 33.8. The molecule has 116 valence electrons. The Bertz CT molecular complexity index is 752. The van der Waals surface area contributed by atoms with Gasteiger partial charge in [0.05, 0.1) is 29.8 Å². The van der Waals surface area contributed by atoms with Gasteiger partial charge in [-0.05, 0) is 0 Å². The Morgan fingerprint density at radius 2 is 2.27 bits per heavy atom. The Labute approximate surface area is 125 Å². The van der Waals surface area contributed by atoms with E-state index in [0.717, 1.165) is 0 Å². The lowest BCUT2D eigenvalue weighted by Gasteiger charge is -2.18. The molecule has 0 saturated heterocycles. The van der Waals surface area contributed by atoms with E-state index in [4.69, 9.17) is 9.84 Å². The van der Waals surface area contributed by atoms with Crippen molar-refractivity contribution in [3.05, 3.63) is 18.0 Å². The van der Waals surface area contributed by atoms with Crippen molar-refractivity contribution in [1.29, 1.82) is 0 Å². The van der Waals surface area contributed by atoms with Crippen LogP contribution in [0.2, 0.25) is 0 Å². The molecule has 0 spiro atoms. The number of hydrogen-bond donors (Lipinski definition) is 3. The third-order valence-electron chi connectivity index (χ3n) is 3.01. The molecule has 22 heavy (non-hydrogen) atoms. The highest BCUT2D eigenvalue weighted by molar-refractivity contribution is 6.42. The van der Waals surface area contributed by atoms with Gasteiger partial charge in [-0.15, -0.1) is 0 Å². The second-order valence-corrected chi connectivity index (χ2v) is 4.20. The average Bonchev–Trinajstić information content (AvgIpc) is 2.96. The molecule has 0 unspecified atom stereocenters. The SMILES string of the molecule is CN=CN(NC)c1ncc(OC)c2c(C(=O)C(=O)O)c[nH]c12. The Balaban J connectivity index is 2.74. The van der Waals surface area contributed by atoms with Crippen LogP contribution in [-0.2, 0) is 4.79 Å². The van der Waals surface area contributed by atoms with E-state index in [1.807, 2.05) is 0 Å². The third kappa shape index (κ3) is 2.49. The number of rotatable bonds is 6. The topological polar surface area (TPSA) is 120 Å². The van der Waals surface area contributed by atoms with Crippen LogP contribution in [0.5, 0.6) is 5.75 Å². The number of nitrogens with zero attached hydrogens (tertiary/aromatic N) is 3. The molecule has 0 radical (unpaired) electrons. The van der Waals surface area contributed by atoms with Crippen LogP contribution in [0.3, 0.4) is 0 Å². The van der Waals surface area contributed by atoms with Crippen LogP contribution in [0.1, 0.15) is 10.4 Å². The summed E-state index contributed by atoms with van der Waals surface area (Å²) in [5, 5.41) is 10.8. The molecule has 0 bridgehead atoms. The lowest BCUT2D eigenvalue weighted by atomic mass is 10.1. The molecule has 2 aromatic heterocycles. The number of aromatic amines is 1. The van der Waals surface area contributed by atoms with Crippen LogP contribution in [0.4, 0.5) is 5.82 Å². The summed E-state index contributed by atoms with van der Waals surface area (Å²) in [7, 11) is 4.69. The van der Waals surface area contributed by atoms with Gasteiger partial charge in [-0.3, -0.25) is 9.79 Å².